The highest BCUT2D eigenvalue weighted by Crippen LogP contribution is 2.36. The van der Waals surface area contributed by atoms with E-state index in [-0.39, 0.29) is 11.5 Å². The first-order valence-electron chi connectivity index (χ1n) is 9.18. The Hall–Kier alpha value is -3.75. The minimum absolute atomic E-state index is 0.0535. The lowest BCUT2D eigenvalue weighted by atomic mass is 9.95. The largest absolute Gasteiger partial charge is 0.446 e. The number of ether oxygens (including phenoxy) is 1. The van der Waals surface area contributed by atoms with E-state index in [4.69, 9.17) is 4.74 Å². The number of amides is 3. The van der Waals surface area contributed by atoms with Gasteiger partial charge in [0, 0.05) is 23.7 Å². The van der Waals surface area contributed by atoms with Crippen molar-refractivity contribution in [1.82, 2.24) is 15.6 Å². The van der Waals surface area contributed by atoms with Crippen LogP contribution in [-0.4, -0.2) is 22.8 Å². The lowest BCUT2D eigenvalue weighted by molar-refractivity contribution is -0.135. The van der Waals surface area contributed by atoms with Gasteiger partial charge in [0.15, 0.2) is 0 Å². The van der Waals surface area contributed by atoms with Crippen LogP contribution in [0.1, 0.15) is 37.2 Å². The van der Waals surface area contributed by atoms with Crippen molar-refractivity contribution in [3.05, 3.63) is 82.6 Å². The highest BCUT2D eigenvalue weighted by atomic mass is 19.1. The van der Waals surface area contributed by atoms with E-state index >= 15 is 0 Å². The van der Waals surface area contributed by atoms with Crippen LogP contribution in [0.25, 0.3) is 0 Å². The summed E-state index contributed by atoms with van der Waals surface area (Å²) in [6.07, 6.45) is -0.919. The van der Waals surface area contributed by atoms with Crippen molar-refractivity contribution < 1.29 is 23.1 Å². The van der Waals surface area contributed by atoms with Gasteiger partial charge >= 0.3 is 6.03 Å². The summed E-state index contributed by atoms with van der Waals surface area (Å²) in [5, 5.41) is 10.7. The molecule has 2 heterocycles. The molecule has 2 atom stereocenters. The molecule has 0 aliphatic carbocycles. The highest BCUT2D eigenvalue weighted by Gasteiger charge is 2.39. The van der Waals surface area contributed by atoms with Crippen molar-refractivity contribution >= 4 is 17.8 Å². The van der Waals surface area contributed by atoms with Gasteiger partial charge in [-0.3, -0.25) is 4.79 Å². The maximum absolute atomic E-state index is 14.5. The normalized spacial score (nSPS) is 21.0. The predicted octanol–water partition coefficient (Wildman–Crippen LogP) is 3.48. The first kappa shape index (κ1) is 19.6. The number of hydrogen-bond donors (Lipinski definition) is 2. The van der Waals surface area contributed by atoms with Gasteiger partial charge in [-0.05, 0) is 25.1 Å². The zero-order valence-electron chi connectivity index (χ0n) is 16.1. The fourth-order valence-electron chi connectivity index (χ4n) is 3.44. The highest BCUT2D eigenvalue weighted by molar-refractivity contribution is 6.00. The van der Waals surface area contributed by atoms with Crippen molar-refractivity contribution in [2.75, 3.05) is 0 Å². The van der Waals surface area contributed by atoms with E-state index in [0.717, 1.165) is 5.01 Å². The van der Waals surface area contributed by atoms with Gasteiger partial charge in [-0.15, -0.1) is 5.10 Å². The minimum Gasteiger partial charge on any atom is -0.446 e. The summed E-state index contributed by atoms with van der Waals surface area (Å²) in [6, 6.07) is 10.2. The van der Waals surface area contributed by atoms with Crippen LogP contribution in [-0.2, 0) is 9.53 Å². The quantitative estimate of drug-likeness (QED) is 0.810. The number of carbonyl (C=O) groups is 2. The zero-order valence-corrected chi connectivity index (χ0v) is 16.1. The Bertz CT molecular complexity index is 1080. The number of halogens is 2. The average molecular weight is 412 g/mol. The molecule has 0 fully saturated rings. The van der Waals surface area contributed by atoms with Gasteiger partial charge in [-0.2, -0.15) is 5.01 Å². The third-order valence-corrected chi connectivity index (χ3v) is 4.84. The summed E-state index contributed by atoms with van der Waals surface area (Å²) >= 11 is 0. The van der Waals surface area contributed by atoms with E-state index in [0.29, 0.717) is 16.8 Å². The second-order valence-electron chi connectivity index (χ2n) is 6.88. The van der Waals surface area contributed by atoms with Gasteiger partial charge in [-0.25, -0.2) is 13.6 Å². The third kappa shape index (κ3) is 3.49. The summed E-state index contributed by atoms with van der Waals surface area (Å²) in [7, 11) is 0. The maximum atomic E-state index is 14.5. The van der Waals surface area contributed by atoms with E-state index in [9.17, 15) is 18.4 Å². The molecule has 9 heteroatoms. The number of hydrazone groups is 1. The van der Waals surface area contributed by atoms with Crippen LogP contribution < -0.4 is 10.6 Å². The maximum Gasteiger partial charge on any atom is 0.319 e. The molecule has 0 spiro atoms. The van der Waals surface area contributed by atoms with E-state index in [1.165, 1.54) is 37.3 Å². The molecule has 2 aromatic carbocycles. The molecule has 2 aromatic rings. The Kier molecular flexibility index (Phi) is 4.94. The molecule has 0 saturated carbocycles. The van der Waals surface area contributed by atoms with Crippen LogP contribution in [0.3, 0.4) is 0 Å². The fourth-order valence-corrected chi connectivity index (χ4v) is 3.44. The third-order valence-electron chi connectivity index (χ3n) is 4.84. The Balaban J connectivity index is 1.76. The van der Waals surface area contributed by atoms with Gasteiger partial charge in [-0.1, -0.05) is 30.3 Å². The molecule has 0 radical (unpaired) electrons. The minimum atomic E-state index is -0.919. The van der Waals surface area contributed by atoms with E-state index in [1.54, 1.807) is 25.1 Å². The number of rotatable bonds is 3. The van der Waals surface area contributed by atoms with E-state index in [2.05, 4.69) is 15.7 Å². The number of nitrogens with zero attached hydrogens (tertiary/aromatic N) is 2. The standard InChI is InChI=1S/C21H18F2N4O3/c1-11-17(18(25-21(29)24-11)15-5-3-4-6-16(15)23)19-26-27(12(2)28)20(30-19)13-7-9-14(22)10-8-13/h3-10,18,20H,1-2H3,(H2,24,25,29). The van der Waals surface area contributed by atoms with Crippen LogP contribution >= 0.6 is 0 Å². The average Bonchev–Trinajstić information content (AvgIpc) is 3.13. The first-order valence-corrected chi connectivity index (χ1v) is 9.18. The second kappa shape index (κ2) is 7.58. The van der Waals surface area contributed by atoms with E-state index < -0.39 is 35.8 Å². The number of urea groups is 1. The Morgan fingerprint density at radius 3 is 2.50 bits per heavy atom. The monoisotopic (exact) mass is 412 g/mol. The van der Waals surface area contributed by atoms with Crippen molar-refractivity contribution in [2.24, 2.45) is 5.10 Å². The zero-order chi connectivity index (χ0) is 21.4. The van der Waals surface area contributed by atoms with Gasteiger partial charge in [0.1, 0.15) is 11.6 Å². The van der Waals surface area contributed by atoms with Crippen LogP contribution in [0.2, 0.25) is 0 Å². The van der Waals surface area contributed by atoms with Gasteiger partial charge in [0.05, 0.1) is 11.6 Å². The smallest absolute Gasteiger partial charge is 0.319 e. The molecule has 2 N–H and O–H groups in total. The lowest BCUT2D eigenvalue weighted by Gasteiger charge is -2.29. The SMILES string of the molecule is CC(=O)N1N=C(C2=C(C)NC(=O)NC2c2ccccc2F)OC1c1ccc(F)cc1. The number of benzene rings is 2. The summed E-state index contributed by atoms with van der Waals surface area (Å²) in [5.41, 5.74) is 1.54. The second-order valence-corrected chi connectivity index (χ2v) is 6.88. The van der Waals surface area contributed by atoms with Crippen LogP contribution in [0.15, 0.2) is 64.9 Å². The molecule has 7 nitrogen and oxygen atoms in total. The molecule has 4 rings (SSSR count). The van der Waals surface area contributed by atoms with Crippen molar-refractivity contribution in [2.45, 2.75) is 26.1 Å². The molecule has 3 amide bonds. The molecule has 2 aliphatic heterocycles. The Morgan fingerprint density at radius 2 is 1.83 bits per heavy atom. The summed E-state index contributed by atoms with van der Waals surface area (Å²) in [5.74, 6) is -1.28. The van der Waals surface area contributed by atoms with E-state index in [1.807, 2.05) is 0 Å². The first-order chi connectivity index (χ1) is 14.3. The van der Waals surface area contributed by atoms with Gasteiger partial charge < -0.3 is 15.4 Å². The number of allylic oxidation sites excluding steroid dienone is 1. The molecular weight excluding hydrogens is 394 g/mol. The van der Waals surface area contributed by atoms with Crippen molar-refractivity contribution in [3.8, 4) is 0 Å². The number of hydrogen-bond acceptors (Lipinski definition) is 4. The van der Waals surface area contributed by atoms with Gasteiger partial charge in [0.25, 0.3) is 0 Å². The number of nitrogens with one attached hydrogen (secondary N) is 2. The predicted molar refractivity (Wildman–Crippen MR) is 104 cm³/mol. The Morgan fingerprint density at radius 1 is 1.13 bits per heavy atom. The molecule has 154 valence electrons. The van der Waals surface area contributed by atoms with Crippen molar-refractivity contribution in [1.29, 1.82) is 0 Å². The number of carbonyl (C=O) groups excluding carboxylic acids is 2. The molecule has 0 saturated heterocycles. The molecule has 0 aromatic heterocycles. The molecule has 0 bridgehead atoms. The Labute approximate surface area is 171 Å². The topological polar surface area (TPSA) is 83.0 Å². The molecule has 30 heavy (non-hydrogen) atoms. The lowest BCUT2D eigenvalue weighted by Crippen LogP contribution is -2.45. The molecule has 2 unspecified atom stereocenters. The summed E-state index contributed by atoms with van der Waals surface area (Å²) in [4.78, 5) is 24.2. The van der Waals surface area contributed by atoms with Crippen molar-refractivity contribution in [3.63, 3.8) is 0 Å². The molecular formula is C21H18F2N4O3. The van der Waals surface area contributed by atoms with Crippen LogP contribution in [0, 0.1) is 11.6 Å². The van der Waals surface area contributed by atoms with Gasteiger partial charge in [0.2, 0.25) is 18.0 Å². The fraction of sp³-hybridized carbons (Fsp3) is 0.190. The van der Waals surface area contributed by atoms with Crippen LogP contribution in [0.4, 0.5) is 13.6 Å². The summed E-state index contributed by atoms with van der Waals surface area (Å²) in [6.45, 7) is 2.96. The van der Waals surface area contributed by atoms with Crippen LogP contribution in [0.5, 0.6) is 0 Å². The molecule has 2 aliphatic rings. The summed E-state index contributed by atoms with van der Waals surface area (Å²) < 4.78 is 33.8.